The average molecular weight is 141 g/mol. The van der Waals surface area contributed by atoms with Gasteiger partial charge in [-0.1, -0.05) is 6.58 Å². The van der Waals surface area contributed by atoms with Crippen LogP contribution < -0.4 is 0 Å². The SMILES string of the molecule is C=CN1CCOCC1(C)C. The highest BCUT2D eigenvalue weighted by Crippen LogP contribution is 2.18. The summed E-state index contributed by atoms with van der Waals surface area (Å²) in [6.45, 7) is 10.7. The Morgan fingerprint density at radius 3 is 2.70 bits per heavy atom. The molecule has 0 saturated carbocycles. The van der Waals surface area contributed by atoms with Gasteiger partial charge in [0.2, 0.25) is 0 Å². The third-order valence-corrected chi connectivity index (χ3v) is 1.93. The highest BCUT2D eigenvalue weighted by Gasteiger charge is 2.27. The summed E-state index contributed by atoms with van der Waals surface area (Å²) >= 11 is 0. The number of hydrogen-bond donors (Lipinski definition) is 0. The van der Waals surface area contributed by atoms with Crippen LogP contribution in [0.5, 0.6) is 0 Å². The number of morpholine rings is 1. The second-order valence-corrected chi connectivity index (χ2v) is 3.24. The Balaban J connectivity index is 2.59. The van der Waals surface area contributed by atoms with E-state index in [1.165, 1.54) is 0 Å². The second kappa shape index (κ2) is 2.62. The van der Waals surface area contributed by atoms with Gasteiger partial charge in [-0.05, 0) is 20.0 Å². The smallest absolute Gasteiger partial charge is 0.0693 e. The highest BCUT2D eigenvalue weighted by atomic mass is 16.5. The molecule has 2 heteroatoms. The molecular weight excluding hydrogens is 126 g/mol. The topological polar surface area (TPSA) is 12.5 Å². The summed E-state index contributed by atoms with van der Waals surface area (Å²) in [5.41, 5.74) is 0.139. The molecule has 0 unspecified atom stereocenters. The van der Waals surface area contributed by atoms with Crippen molar-refractivity contribution in [3.63, 3.8) is 0 Å². The molecule has 0 bridgehead atoms. The van der Waals surface area contributed by atoms with Crippen LogP contribution in [0.15, 0.2) is 12.8 Å². The number of ether oxygens (including phenoxy) is 1. The third kappa shape index (κ3) is 1.32. The molecule has 1 saturated heterocycles. The van der Waals surface area contributed by atoms with E-state index in [1.807, 2.05) is 6.20 Å². The summed E-state index contributed by atoms with van der Waals surface area (Å²) < 4.78 is 5.33. The number of rotatable bonds is 1. The van der Waals surface area contributed by atoms with Crippen molar-refractivity contribution in [2.75, 3.05) is 19.8 Å². The van der Waals surface area contributed by atoms with Crippen molar-refractivity contribution >= 4 is 0 Å². The molecule has 0 aromatic carbocycles. The molecule has 1 aliphatic rings. The lowest BCUT2D eigenvalue weighted by molar-refractivity contribution is -0.0259. The monoisotopic (exact) mass is 141 g/mol. The van der Waals surface area contributed by atoms with Gasteiger partial charge in [0.15, 0.2) is 0 Å². The van der Waals surface area contributed by atoms with Crippen LogP contribution in [0.25, 0.3) is 0 Å². The Bertz CT molecular complexity index is 131. The van der Waals surface area contributed by atoms with E-state index in [-0.39, 0.29) is 5.54 Å². The molecule has 0 aromatic rings. The number of hydrogen-bond acceptors (Lipinski definition) is 2. The number of nitrogens with zero attached hydrogens (tertiary/aromatic N) is 1. The van der Waals surface area contributed by atoms with Crippen molar-refractivity contribution in [1.29, 1.82) is 0 Å². The van der Waals surface area contributed by atoms with Gasteiger partial charge in [-0.15, -0.1) is 0 Å². The minimum atomic E-state index is 0.139. The fourth-order valence-electron chi connectivity index (χ4n) is 1.21. The molecule has 1 aliphatic heterocycles. The molecule has 58 valence electrons. The van der Waals surface area contributed by atoms with Gasteiger partial charge in [0, 0.05) is 6.54 Å². The minimum Gasteiger partial charge on any atom is -0.377 e. The molecule has 0 radical (unpaired) electrons. The van der Waals surface area contributed by atoms with Crippen molar-refractivity contribution < 1.29 is 4.74 Å². The maximum atomic E-state index is 5.33. The summed E-state index contributed by atoms with van der Waals surface area (Å²) in [7, 11) is 0. The van der Waals surface area contributed by atoms with Crippen molar-refractivity contribution in [2.45, 2.75) is 19.4 Å². The average Bonchev–Trinajstić information content (AvgIpc) is 1.87. The maximum absolute atomic E-state index is 5.33. The summed E-state index contributed by atoms with van der Waals surface area (Å²) in [6.07, 6.45) is 1.89. The van der Waals surface area contributed by atoms with Gasteiger partial charge in [0.05, 0.1) is 18.8 Å². The van der Waals surface area contributed by atoms with E-state index >= 15 is 0 Å². The van der Waals surface area contributed by atoms with Crippen molar-refractivity contribution in [3.05, 3.63) is 12.8 Å². The molecule has 2 nitrogen and oxygen atoms in total. The zero-order chi connectivity index (χ0) is 7.61. The van der Waals surface area contributed by atoms with Crippen molar-refractivity contribution in [3.8, 4) is 0 Å². The predicted octanol–water partition coefficient (Wildman–Crippen LogP) is 1.24. The standard InChI is InChI=1S/C8H15NO/c1-4-9-5-6-10-7-8(9,2)3/h4H,1,5-7H2,2-3H3. The first kappa shape index (κ1) is 7.61. The Morgan fingerprint density at radius 1 is 1.60 bits per heavy atom. The van der Waals surface area contributed by atoms with E-state index in [0.717, 1.165) is 19.8 Å². The second-order valence-electron chi connectivity index (χ2n) is 3.24. The van der Waals surface area contributed by atoms with Gasteiger partial charge in [0.1, 0.15) is 0 Å². The minimum absolute atomic E-state index is 0.139. The van der Waals surface area contributed by atoms with E-state index < -0.39 is 0 Å². The lowest BCUT2D eigenvalue weighted by atomic mass is 10.0. The molecule has 1 heterocycles. The summed E-state index contributed by atoms with van der Waals surface area (Å²) in [5, 5.41) is 0. The largest absolute Gasteiger partial charge is 0.377 e. The molecular formula is C8H15NO. The molecule has 0 atom stereocenters. The van der Waals surface area contributed by atoms with E-state index in [4.69, 9.17) is 4.74 Å². The van der Waals surface area contributed by atoms with Gasteiger partial charge >= 0.3 is 0 Å². The molecule has 1 rings (SSSR count). The van der Waals surface area contributed by atoms with Crippen LogP contribution in [0.2, 0.25) is 0 Å². The van der Waals surface area contributed by atoms with Gasteiger partial charge in [-0.3, -0.25) is 0 Å². The molecule has 0 aromatic heterocycles. The summed E-state index contributed by atoms with van der Waals surface area (Å²) in [4.78, 5) is 2.22. The van der Waals surface area contributed by atoms with Crippen LogP contribution in [0, 0.1) is 0 Å². The maximum Gasteiger partial charge on any atom is 0.0693 e. The molecule has 0 N–H and O–H groups in total. The Labute approximate surface area is 62.5 Å². The highest BCUT2D eigenvalue weighted by molar-refractivity contribution is 4.89. The quantitative estimate of drug-likeness (QED) is 0.544. The van der Waals surface area contributed by atoms with Crippen LogP contribution in [0.1, 0.15) is 13.8 Å². The van der Waals surface area contributed by atoms with E-state index in [0.29, 0.717) is 0 Å². The summed E-state index contributed by atoms with van der Waals surface area (Å²) in [6, 6.07) is 0. The molecule has 1 fully saturated rings. The van der Waals surface area contributed by atoms with Crippen LogP contribution in [-0.4, -0.2) is 30.2 Å². The van der Waals surface area contributed by atoms with E-state index in [2.05, 4.69) is 25.3 Å². The van der Waals surface area contributed by atoms with Crippen LogP contribution in [-0.2, 0) is 4.74 Å². The van der Waals surface area contributed by atoms with Gasteiger partial charge in [0.25, 0.3) is 0 Å². The van der Waals surface area contributed by atoms with E-state index in [9.17, 15) is 0 Å². The summed E-state index contributed by atoms with van der Waals surface area (Å²) in [5.74, 6) is 0. The van der Waals surface area contributed by atoms with Gasteiger partial charge < -0.3 is 9.64 Å². The first-order chi connectivity index (χ1) is 4.67. The van der Waals surface area contributed by atoms with Crippen LogP contribution in [0.3, 0.4) is 0 Å². The van der Waals surface area contributed by atoms with E-state index in [1.54, 1.807) is 0 Å². The zero-order valence-electron chi connectivity index (χ0n) is 6.76. The van der Waals surface area contributed by atoms with Gasteiger partial charge in [-0.2, -0.15) is 0 Å². The third-order valence-electron chi connectivity index (χ3n) is 1.93. The lowest BCUT2D eigenvalue weighted by Crippen LogP contribution is -2.49. The predicted molar refractivity (Wildman–Crippen MR) is 41.8 cm³/mol. The van der Waals surface area contributed by atoms with Crippen LogP contribution >= 0.6 is 0 Å². The lowest BCUT2D eigenvalue weighted by Gasteiger charge is -2.41. The first-order valence-electron chi connectivity index (χ1n) is 3.64. The zero-order valence-corrected chi connectivity index (χ0v) is 6.76. The fraction of sp³-hybridized carbons (Fsp3) is 0.750. The Morgan fingerprint density at radius 2 is 2.30 bits per heavy atom. The molecule has 0 spiro atoms. The van der Waals surface area contributed by atoms with Crippen molar-refractivity contribution in [2.24, 2.45) is 0 Å². The van der Waals surface area contributed by atoms with Crippen molar-refractivity contribution in [1.82, 2.24) is 4.90 Å². The Kier molecular flexibility index (Phi) is 2.00. The van der Waals surface area contributed by atoms with Gasteiger partial charge in [-0.25, -0.2) is 0 Å². The fourth-order valence-corrected chi connectivity index (χ4v) is 1.21. The first-order valence-corrected chi connectivity index (χ1v) is 3.64. The van der Waals surface area contributed by atoms with Crippen LogP contribution in [0.4, 0.5) is 0 Å². The molecule has 0 aliphatic carbocycles. The normalized spacial score (nSPS) is 24.4. The Hall–Kier alpha value is -0.500. The molecule has 0 amide bonds. The molecule has 10 heavy (non-hydrogen) atoms.